The first kappa shape index (κ1) is 27.0. The van der Waals surface area contributed by atoms with Crippen molar-refractivity contribution in [3.05, 3.63) is 83.0 Å². The maximum Gasteiger partial charge on any atom is 0.253 e. The molecule has 11 heteroatoms. The first-order valence-electron chi connectivity index (χ1n) is 13.8. The number of nitrogens with zero attached hydrogens (tertiary/aromatic N) is 6. The zero-order valence-corrected chi connectivity index (χ0v) is 23.6. The number of benzene rings is 2. The SMILES string of the molecule is CC(=O)N1CCN(C(=O)c2ccc(Nc3nc4c(N5CCC(O)(c6ccc(Cl)cc6)CC5)cccn4n3)cc2)CC1. The van der Waals surface area contributed by atoms with Crippen LogP contribution in [0.2, 0.25) is 5.02 Å². The molecule has 0 aliphatic carbocycles. The lowest BCUT2D eigenvalue weighted by atomic mass is 9.84. The van der Waals surface area contributed by atoms with Gasteiger partial charge in [0.05, 0.1) is 11.3 Å². The summed E-state index contributed by atoms with van der Waals surface area (Å²) in [5.41, 5.74) is 3.05. The molecular formula is C30H32ClN7O3. The van der Waals surface area contributed by atoms with Crippen LogP contribution in [-0.4, -0.2) is 80.6 Å². The van der Waals surface area contributed by atoms with Crippen molar-refractivity contribution in [3.63, 3.8) is 0 Å². The zero-order chi connectivity index (χ0) is 28.6. The van der Waals surface area contributed by atoms with E-state index in [-0.39, 0.29) is 11.8 Å². The molecule has 4 heterocycles. The van der Waals surface area contributed by atoms with Crippen LogP contribution in [0.1, 0.15) is 35.7 Å². The summed E-state index contributed by atoms with van der Waals surface area (Å²) in [6.07, 6.45) is 3.04. The van der Waals surface area contributed by atoms with E-state index in [4.69, 9.17) is 16.6 Å². The number of piperidine rings is 1. The normalized spacial score (nSPS) is 17.1. The number of piperazine rings is 1. The molecule has 212 valence electrons. The van der Waals surface area contributed by atoms with Crippen LogP contribution in [0.15, 0.2) is 66.9 Å². The van der Waals surface area contributed by atoms with Gasteiger partial charge >= 0.3 is 0 Å². The van der Waals surface area contributed by atoms with Gasteiger partial charge in [0, 0.05) is 68.7 Å². The average Bonchev–Trinajstić information content (AvgIpc) is 3.41. The molecule has 2 aromatic carbocycles. The van der Waals surface area contributed by atoms with E-state index in [1.165, 1.54) is 0 Å². The summed E-state index contributed by atoms with van der Waals surface area (Å²) in [6.45, 7) is 5.08. The molecule has 0 spiro atoms. The van der Waals surface area contributed by atoms with Gasteiger partial charge in [-0.05, 0) is 66.9 Å². The summed E-state index contributed by atoms with van der Waals surface area (Å²) in [7, 11) is 0. The van der Waals surface area contributed by atoms with Crippen molar-refractivity contribution < 1.29 is 14.7 Å². The second-order valence-corrected chi connectivity index (χ2v) is 11.1. The van der Waals surface area contributed by atoms with Crippen LogP contribution < -0.4 is 10.2 Å². The number of pyridine rings is 1. The van der Waals surface area contributed by atoms with Crippen molar-refractivity contribution in [2.45, 2.75) is 25.4 Å². The Morgan fingerprint density at radius 3 is 2.22 bits per heavy atom. The van der Waals surface area contributed by atoms with E-state index in [1.807, 2.05) is 54.7 Å². The smallest absolute Gasteiger partial charge is 0.253 e. The number of amides is 2. The summed E-state index contributed by atoms with van der Waals surface area (Å²) >= 11 is 6.03. The van der Waals surface area contributed by atoms with Gasteiger partial charge in [0.15, 0.2) is 5.65 Å². The second-order valence-electron chi connectivity index (χ2n) is 10.6. The molecule has 0 bridgehead atoms. The Kier molecular flexibility index (Phi) is 7.27. The fourth-order valence-electron chi connectivity index (χ4n) is 5.59. The molecule has 0 atom stereocenters. The fourth-order valence-corrected chi connectivity index (χ4v) is 5.72. The van der Waals surface area contributed by atoms with E-state index in [9.17, 15) is 14.7 Å². The maximum absolute atomic E-state index is 12.9. The van der Waals surface area contributed by atoms with Gasteiger partial charge < -0.3 is 25.1 Å². The highest BCUT2D eigenvalue weighted by Gasteiger charge is 2.34. The van der Waals surface area contributed by atoms with E-state index in [1.54, 1.807) is 33.4 Å². The summed E-state index contributed by atoms with van der Waals surface area (Å²) in [4.78, 5) is 35.0. The quantitative estimate of drug-likeness (QED) is 0.373. The molecule has 2 aromatic heterocycles. The van der Waals surface area contributed by atoms with E-state index in [0.29, 0.717) is 68.6 Å². The number of hydrogen-bond acceptors (Lipinski definition) is 7. The number of anilines is 3. The lowest BCUT2D eigenvalue weighted by molar-refractivity contribution is -0.130. The molecule has 2 aliphatic heterocycles. The standard InChI is InChI=1S/C30H32ClN7O3/c1-21(39)35-17-19-37(20-18-35)28(40)22-4-10-25(11-5-22)32-29-33-27-26(3-2-14-38(27)34-29)36-15-12-30(41,13-16-36)23-6-8-24(31)9-7-23/h2-11,14,41H,12-13,15-20H2,1H3,(H,32,34). The number of fused-ring (bicyclic) bond motifs is 1. The van der Waals surface area contributed by atoms with Crippen molar-refractivity contribution in [2.24, 2.45) is 0 Å². The van der Waals surface area contributed by atoms with E-state index in [0.717, 1.165) is 22.6 Å². The van der Waals surface area contributed by atoms with Crippen LogP contribution in [0.5, 0.6) is 0 Å². The minimum Gasteiger partial charge on any atom is -0.385 e. The third kappa shape index (κ3) is 5.57. The van der Waals surface area contributed by atoms with Crippen molar-refractivity contribution in [1.29, 1.82) is 0 Å². The van der Waals surface area contributed by atoms with Gasteiger partial charge in [0.2, 0.25) is 11.9 Å². The Labute approximate surface area is 243 Å². The van der Waals surface area contributed by atoms with Crippen LogP contribution in [0, 0.1) is 0 Å². The molecule has 6 rings (SSSR count). The Bertz CT molecular complexity index is 1560. The zero-order valence-electron chi connectivity index (χ0n) is 22.8. The minimum atomic E-state index is -0.886. The number of halogens is 1. The number of hydrogen-bond donors (Lipinski definition) is 2. The molecule has 4 aromatic rings. The van der Waals surface area contributed by atoms with Gasteiger partial charge in [-0.1, -0.05) is 23.7 Å². The number of carbonyl (C=O) groups excluding carboxylic acids is 2. The highest BCUT2D eigenvalue weighted by molar-refractivity contribution is 6.30. The van der Waals surface area contributed by atoms with Gasteiger partial charge in [-0.3, -0.25) is 9.59 Å². The first-order chi connectivity index (χ1) is 19.8. The van der Waals surface area contributed by atoms with E-state index >= 15 is 0 Å². The highest BCUT2D eigenvalue weighted by atomic mass is 35.5. The fraction of sp³-hybridized carbons (Fsp3) is 0.333. The summed E-state index contributed by atoms with van der Waals surface area (Å²) < 4.78 is 1.75. The van der Waals surface area contributed by atoms with Gasteiger partial charge in [-0.25, -0.2) is 4.52 Å². The van der Waals surface area contributed by atoms with Crippen LogP contribution in [0.4, 0.5) is 17.3 Å². The summed E-state index contributed by atoms with van der Waals surface area (Å²) in [6, 6.07) is 18.7. The molecule has 2 fully saturated rings. The Hall–Kier alpha value is -4.15. The molecule has 0 saturated carbocycles. The third-order valence-corrected chi connectivity index (χ3v) is 8.31. The Balaban J connectivity index is 1.11. The number of aromatic nitrogens is 3. The van der Waals surface area contributed by atoms with Gasteiger partial charge in [0.1, 0.15) is 0 Å². The van der Waals surface area contributed by atoms with Crippen LogP contribution in [0.3, 0.4) is 0 Å². The lowest BCUT2D eigenvalue weighted by Gasteiger charge is -2.39. The van der Waals surface area contributed by atoms with Crippen LogP contribution in [0.25, 0.3) is 5.65 Å². The monoisotopic (exact) mass is 573 g/mol. The molecule has 0 unspecified atom stereocenters. The van der Waals surface area contributed by atoms with Crippen LogP contribution >= 0.6 is 11.6 Å². The molecule has 2 N–H and O–H groups in total. The Morgan fingerprint density at radius 1 is 0.902 bits per heavy atom. The van der Waals surface area contributed by atoms with Gasteiger partial charge in [0.25, 0.3) is 5.91 Å². The predicted molar refractivity (Wildman–Crippen MR) is 158 cm³/mol. The lowest BCUT2D eigenvalue weighted by Crippen LogP contribution is -2.50. The van der Waals surface area contributed by atoms with Crippen molar-refractivity contribution in [3.8, 4) is 0 Å². The van der Waals surface area contributed by atoms with Crippen molar-refractivity contribution in [2.75, 3.05) is 49.5 Å². The van der Waals surface area contributed by atoms with Crippen molar-refractivity contribution in [1.82, 2.24) is 24.4 Å². The highest BCUT2D eigenvalue weighted by Crippen LogP contribution is 2.36. The average molecular weight is 574 g/mol. The summed E-state index contributed by atoms with van der Waals surface area (Å²) in [5.74, 6) is 0.448. The van der Waals surface area contributed by atoms with E-state index in [2.05, 4.69) is 15.3 Å². The van der Waals surface area contributed by atoms with Crippen LogP contribution in [-0.2, 0) is 10.4 Å². The number of nitrogens with one attached hydrogen (secondary N) is 1. The molecule has 41 heavy (non-hydrogen) atoms. The Morgan fingerprint density at radius 2 is 1.56 bits per heavy atom. The van der Waals surface area contributed by atoms with Gasteiger partial charge in [-0.15, -0.1) is 5.10 Å². The third-order valence-electron chi connectivity index (χ3n) is 8.05. The van der Waals surface area contributed by atoms with Crippen molar-refractivity contribution >= 4 is 46.4 Å². The second kappa shape index (κ2) is 11.0. The number of carbonyl (C=O) groups is 2. The molecule has 2 saturated heterocycles. The topological polar surface area (TPSA) is 106 Å². The largest absolute Gasteiger partial charge is 0.385 e. The minimum absolute atomic E-state index is 0.0393. The van der Waals surface area contributed by atoms with E-state index < -0.39 is 5.60 Å². The first-order valence-corrected chi connectivity index (χ1v) is 14.2. The number of rotatable bonds is 5. The molecule has 2 amide bonds. The number of aliphatic hydroxyl groups is 1. The molecule has 0 radical (unpaired) electrons. The van der Waals surface area contributed by atoms with Gasteiger partial charge in [-0.2, -0.15) is 4.98 Å². The molecule has 2 aliphatic rings. The molecule has 10 nitrogen and oxygen atoms in total. The summed E-state index contributed by atoms with van der Waals surface area (Å²) in [5, 5.41) is 19.8. The maximum atomic E-state index is 12.9. The molecular weight excluding hydrogens is 542 g/mol. The predicted octanol–water partition coefficient (Wildman–Crippen LogP) is 3.92.